The van der Waals surface area contributed by atoms with E-state index in [1.54, 1.807) is 6.92 Å². The van der Waals surface area contributed by atoms with Crippen LogP contribution >= 0.6 is 0 Å². The van der Waals surface area contributed by atoms with Gasteiger partial charge in [-0.25, -0.2) is 9.97 Å². The van der Waals surface area contributed by atoms with Gasteiger partial charge in [0.1, 0.15) is 0 Å². The van der Waals surface area contributed by atoms with Gasteiger partial charge in [-0.1, -0.05) is 6.92 Å². The molecule has 0 bridgehead atoms. The van der Waals surface area contributed by atoms with E-state index in [0.29, 0.717) is 17.7 Å². The fourth-order valence-electron chi connectivity index (χ4n) is 0.853. The number of aromatic hydroxyl groups is 1. The SMILES string of the molecule is CCC(C)Nc1ncc(O)c(C)n1. The van der Waals surface area contributed by atoms with Crippen LogP contribution in [0.1, 0.15) is 26.0 Å². The van der Waals surface area contributed by atoms with Crippen molar-refractivity contribution in [3.8, 4) is 5.75 Å². The molecule has 0 aromatic carbocycles. The van der Waals surface area contributed by atoms with Crippen molar-refractivity contribution < 1.29 is 5.11 Å². The maximum atomic E-state index is 9.18. The van der Waals surface area contributed by atoms with Crippen LogP contribution in [0.2, 0.25) is 0 Å². The molecule has 2 N–H and O–H groups in total. The van der Waals surface area contributed by atoms with Crippen molar-refractivity contribution >= 4 is 5.95 Å². The van der Waals surface area contributed by atoms with Crippen LogP contribution < -0.4 is 5.32 Å². The number of nitrogens with one attached hydrogen (secondary N) is 1. The number of hydrogen-bond donors (Lipinski definition) is 2. The Bertz CT molecular complexity index is 288. The normalized spacial score (nSPS) is 12.5. The average Bonchev–Trinajstić information content (AvgIpc) is 2.11. The zero-order valence-electron chi connectivity index (χ0n) is 8.20. The molecule has 0 amide bonds. The minimum Gasteiger partial charge on any atom is -0.504 e. The molecule has 0 aliphatic carbocycles. The van der Waals surface area contributed by atoms with Crippen LogP contribution in [0.15, 0.2) is 6.20 Å². The summed E-state index contributed by atoms with van der Waals surface area (Å²) in [7, 11) is 0. The number of aryl methyl sites for hydroxylation is 1. The van der Waals surface area contributed by atoms with Gasteiger partial charge in [-0.3, -0.25) is 0 Å². The topological polar surface area (TPSA) is 58.0 Å². The zero-order valence-corrected chi connectivity index (χ0v) is 8.20. The molecule has 1 rings (SSSR count). The summed E-state index contributed by atoms with van der Waals surface area (Å²) < 4.78 is 0. The number of rotatable bonds is 3. The molecule has 0 radical (unpaired) electrons. The Morgan fingerprint density at radius 1 is 1.62 bits per heavy atom. The Kier molecular flexibility index (Phi) is 3.06. The van der Waals surface area contributed by atoms with Crippen molar-refractivity contribution in [2.45, 2.75) is 33.2 Å². The van der Waals surface area contributed by atoms with Crippen molar-refractivity contribution in [3.05, 3.63) is 11.9 Å². The summed E-state index contributed by atoms with van der Waals surface area (Å²) >= 11 is 0. The van der Waals surface area contributed by atoms with Crippen LogP contribution in [0, 0.1) is 6.92 Å². The monoisotopic (exact) mass is 181 g/mol. The lowest BCUT2D eigenvalue weighted by Gasteiger charge is -2.11. The second kappa shape index (κ2) is 4.07. The first-order chi connectivity index (χ1) is 6.13. The molecular formula is C9H15N3O. The summed E-state index contributed by atoms with van der Waals surface area (Å²) in [4.78, 5) is 8.04. The van der Waals surface area contributed by atoms with E-state index in [-0.39, 0.29) is 5.75 Å². The standard InChI is InChI=1S/C9H15N3O/c1-4-6(2)11-9-10-5-8(13)7(3)12-9/h5-6,13H,4H2,1-3H3,(H,10,11,12). The maximum Gasteiger partial charge on any atom is 0.223 e. The van der Waals surface area contributed by atoms with Crippen LogP contribution in [-0.4, -0.2) is 21.1 Å². The minimum absolute atomic E-state index is 0.134. The highest BCUT2D eigenvalue weighted by atomic mass is 16.3. The molecule has 0 saturated carbocycles. The highest BCUT2D eigenvalue weighted by molar-refractivity contribution is 5.32. The lowest BCUT2D eigenvalue weighted by atomic mass is 10.3. The summed E-state index contributed by atoms with van der Waals surface area (Å²) in [6, 6.07) is 0.351. The van der Waals surface area contributed by atoms with Crippen LogP contribution in [0.4, 0.5) is 5.95 Å². The fraction of sp³-hybridized carbons (Fsp3) is 0.556. The van der Waals surface area contributed by atoms with E-state index in [4.69, 9.17) is 0 Å². The Morgan fingerprint density at radius 3 is 2.85 bits per heavy atom. The van der Waals surface area contributed by atoms with Gasteiger partial charge in [0.05, 0.1) is 11.9 Å². The maximum absolute atomic E-state index is 9.18. The van der Waals surface area contributed by atoms with Gasteiger partial charge in [-0.2, -0.15) is 0 Å². The second-order valence-corrected chi connectivity index (χ2v) is 3.12. The van der Waals surface area contributed by atoms with E-state index in [2.05, 4.69) is 29.1 Å². The zero-order chi connectivity index (χ0) is 9.84. The van der Waals surface area contributed by atoms with Gasteiger partial charge in [-0.05, 0) is 20.3 Å². The van der Waals surface area contributed by atoms with E-state index in [9.17, 15) is 5.11 Å². The molecule has 4 nitrogen and oxygen atoms in total. The molecule has 0 spiro atoms. The van der Waals surface area contributed by atoms with Gasteiger partial charge in [0.25, 0.3) is 0 Å². The molecule has 1 unspecified atom stereocenters. The summed E-state index contributed by atoms with van der Waals surface area (Å²) in [6.07, 6.45) is 2.43. The smallest absolute Gasteiger partial charge is 0.223 e. The van der Waals surface area contributed by atoms with Crippen LogP contribution in [0.5, 0.6) is 5.75 Å². The van der Waals surface area contributed by atoms with Gasteiger partial charge in [0.2, 0.25) is 5.95 Å². The number of nitrogens with zero attached hydrogens (tertiary/aromatic N) is 2. The largest absolute Gasteiger partial charge is 0.504 e. The average molecular weight is 181 g/mol. The van der Waals surface area contributed by atoms with Crippen molar-refractivity contribution in [1.29, 1.82) is 0 Å². The molecule has 0 saturated heterocycles. The first kappa shape index (κ1) is 9.77. The lowest BCUT2D eigenvalue weighted by Crippen LogP contribution is -2.15. The summed E-state index contributed by atoms with van der Waals surface area (Å²) in [5.41, 5.74) is 0.598. The summed E-state index contributed by atoms with van der Waals surface area (Å²) in [6.45, 7) is 5.90. The van der Waals surface area contributed by atoms with Crippen LogP contribution in [-0.2, 0) is 0 Å². The van der Waals surface area contributed by atoms with Gasteiger partial charge < -0.3 is 10.4 Å². The summed E-state index contributed by atoms with van der Waals surface area (Å²) in [5.74, 6) is 0.708. The van der Waals surface area contributed by atoms with Crippen molar-refractivity contribution in [2.75, 3.05) is 5.32 Å². The molecule has 13 heavy (non-hydrogen) atoms. The van der Waals surface area contributed by atoms with Gasteiger partial charge >= 0.3 is 0 Å². The predicted molar refractivity (Wildman–Crippen MR) is 51.8 cm³/mol. The Hall–Kier alpha value is -1.32. The summed E-state index contributed by atoms with van der Waals surface area (Å²) in [5, 5.41) is 12.3. The third kappa shape index (κ3) is 2.57. The molecule has 72 valence electrons. The van der Waals surface area contributed by atoms with Gasteiger partial charge in [0, 0.05) is 6.04 Å². The molecule has 0 fully saturated rings. The van der Waals surface area contributed by atoms with E-state index in [1.807, 2.05) is 0 Å². The Balaban J connectivity index is 2.73. The van der Waals surface area contributed by atoms with Crippen LogP contribution in [0.3, 0.4) is 0 Å². The van der Waals surface area contributed by atoms with E-state index in [1.165, 1.54) is 6.20 Å². The first-order valence-corrected chi connectivity index (χ1v) is 4.42. The highest BCUT2D eigenvalue weighted by Crippen LogP contribution is 2.13. The fourth-order valence-corrected chi connectivity index (χ4v) is 0.853. The first-order valence-electron chi connectivity index (χ1n) is 4.42. The van der Waals surface area contributed by atoms with Crippen molar-refractivity contribution in [2.24, 2.45) is 0 Å². The van der Waals surface area contributed by atoms with Crippen molar-refractivity contribution in [1.82, 2.24) is 9.97 Å². The Morgan fingerprint density at radius 2 is 2.31 bits per heavy atom. The molecular weight excluding hydrogens is 166 g/mol. The van der Waals surface area contributed by atoms with E-state index in [0.717, 1.165) is 6.42 Å². The third-order valence-corrected chi connectivity index (χ3v) is 1.94. The molecule has 1 aromatic heterocycles. The molecule has 1 atom stereocenters. The van der Waals surface area contributed by atoms with Crippen LogP contribution in [0.25, 0.3) is 0 Å². The van der Waals surface area contributed by atoms with Gasteiger partial charge in [-0.15, -0.1) is 0 Å². The molecule has 1 heterocycles. The molecule has 4 heteroatoms. The number of anilines is 1. The molecule has 1 aromatic rings. The quantitative estimate of drug-likeness (QED) is 0.745. The Labute approximate surface area is 78.0 Å². The van der Waals surface area contributed by atoms with Gasteiger partial charge in [0.15, 0.2) is 5.75 Å². The molecule has 0 aliphatic rings. The number of hydrogen-bond acceptors (Lipinski definition) is 4. The lowest BCUT2D eigenvalue weighted by molar-refractivity contribution is 0.464. The number of aromatic nitrogens is 2. The molecule has 0 aliphatic heterocycles. The second-order valence-electron chi connectivity index (χ2n) is 3.12. The highest BCUT2D eigenvalue weighted by Gasteiger charge is 2.03. The van der Waals surface area contributed by atoms with E-state index < -0.39 is 0 Å². The van der Waals surface area contributed by atoms with Crippen molar-refractivity contribution in [3.63, 3.8) is 0 Å². The van der Waals surface area contributed by atoms with E-state index >= 15 is 0 Å². The minimum atomic E-state index is 0.134. The third-order valence-electron chi connectivity index (χ3n) is 1.94. The predicted octanol–water partition coefficient (Wildman–Crippen LogP) is 1.70.